The van der Waals surface area contributed by atoms with Crippen molar-refractivity contribution in [2.45, 2.75) is 6.18 Å². The summed E-state index contributed by atoms with van der Waals surface area (Å²) in [6.45, 7) is 0. The van der Waals surface area contributed by atoms with Crippen LogP contribution in [-0.4, -0.2) is 4.32 Å². The molecule has 84 valence electrons. The number of thiocarbonyl (C=S) groups is 1. The smallest absolute Gasteiger partial charge is 0.341 e. The van der Waals surface area contributed by atoms with E-state index in [0.717, 1.165) is 12.1 Å². The van der Waals surface area contributed by atoms with Gasteiger partial charge in [0, 0.05) is 5.69 Å². The molecule has 1 aromatic rings. The first-order valence-electron chi connectivity index (χ1n) is 3.96. The fourth-order valence-corrected chi connectivity index (χ4v) is 1.32. The molecule has 0 atom stereocenters. The minimum absolute atomic E-state index is 0.0535. The minimum Gasteiger partial charge on any atom is -0.341 e. The molecular formula is C9H5F3N2S2. The molecule has 1 rings (SSSR count). The highest BCUT2D eigenvalue weighted by Gasteiger charge is 2.33. The van der Waals surface area contributed by atoms with Gasteiger partial charge in [0.1, 0.15) is 4.32 Å². The van der Waals surface area contributed by atoms with Gasteiger partial charge in [-0.15, -0.1) is 12.6 Å². The Morgan fingerprint density at radius 3 is 2.50 bits per heavy atom. The number of nitrogens with zero attached hydrogens (tertiary/aromatic N) is 1. The molecule has 0 saturated heterocycles. The maximum Gasteiger partial charge on any atom is 0.417 e. The summed E-state index contributed by atoms with van der Waals surface area (Å²) in [5.41, 5.74) is -1.28. The molecule has 7 heteroatoms. The first-order chi connectivity index (χ1) is 7.34. The van der Waals surface area contributed by atoms with E-state index in [-0.39, 0.29) is 10.0 Å². The molecule has 0 fully saturated rings. The predicted molar refractivity (Wildman–Crippen MR) is 61.4 cm³/mol. The van der Waals surface area contributed by atoms with E-state index in [4.69, 9.17) is 5.26 Å². The van der Waals surface area contributed by atoms with Gasteiger partial charge in [-0.2, -0.15) is 18.4 Å². The van der Waals surface area contributed by atoms with Crippen molar-refractivity contribution in [1.82, 2.24) is 0 Å². The topological polar surface area (TPSA) is 35.8 Å². The second-order valence-corrected chi connectivity index (χ2v) is 3.96. The molecule has 0 unspecified atom stereocenters. The third-order valence-electron chi connectivity index (χ3n) is 1.70. The Morgan fingerprint density at radius 1 is 1.44 bits per heavy atom. The molecule has 0 aliphatic heterocycles. The van der Waals surface area contributed by atoms with Crippen LogP contribution in [0.5, 0.6) is 0 Å². The van der Waals surface area contributed by atoms with E-state index in [0.29, 0.717) is 0 Å². The van der Waals surface area contributed by atoms with Crippen molar-refractivity contribution in [2.24, 2.45) is 0 Å². The van der Waals surface area contributed by atoms with Crippen molar-refractivity contribution in [3.8, 4) is 6.07 Å². The first-order valence-corrected chi connectivity index (χ1v) is 4.81. The van der Waals surface area contributed by atoms with Gasteiger partial charge in [-0.3, -0.25) is 0 Å². The van der Waals surface area contributed by atoms with Gasteiger partial charge in [-0.25, -0.2) is 0 Å². The molecule has 0 bridgehead atoms. The third-order valence-corrected chi connectivity index (χ3v) is 1.91. The van der Waals surface area contributed by atoms with Gasteiger partial charge < -0.3 is 5.32 Å². The van der Waals surface area contributed by atoms with Gasteiger partial charge in [0.05, 0.1) is 17.2 Å². The number of benzene rings is 1. The molecule has 0 spiro atoms. The largest absolute Gasteiger partial charge is 0.417 e. The molecule has 0 amide bonds. The Bertz CT molecular complexity index is 463. The van der Waals surface area contributed by atoms with Crippen LogP contribution in [0.1, 0.15) is 11.1 Å². The molecular weight excluding hydrogens is 257 g/mol. The second kappa shape index (κ2) is 4.72. The fourth-order valence-electron chi connectivity index (χ4n) is 1.08. The monoisotopic (exact) mass is 262 g/mol. The molecule has 0 aliphatic rings. The van der Waals surface area contributed by atoms with Crippen molar-refractivity contribution >= 4 is 34.9 Å². The van der Waals surface area contributed by atoms with Crippen LogP contribution in [0, 0.1) is 11.3 Å². The number of rotatable bonds is 1. The van der Waals surface area contributed by atoms with Crippen molar-refractivity contribution in [2.75, 3.05) is 5.32 Å². The summed E-state index contributed by atoms with van der Waals surface area (Å²) in [7, 11) is 0. The van der Waals surface area contributed by atoms with E-state index in [1.165, 1.54) is 12.1 Å². The zero-order chi connectivity index (χ0) is 12.3. The summed E-state index contributed by atoms with van der Waals surface area (Å²) in [4.78, 5) is 0. The van der Waals surface area contributed by atoms with Crippen LogP contribution < -0.4 is 5.32 Å². The summed E-state index contributed by atoms with van der Waals surface area (Å²) >= 11 is 8.32. The predicted octanol–water partition coefficient (Wildman–Crippen LogP) is 3.20. The number of hydrogen-bond acceptors (Lipinski definition) is 2. The van der Waals surface area contributed by atoms with Crippen molar-refractivity contribution < 1.29 is 13.2 Å². The van der Waals surface area contributed by atoms with Gasteiger partial charge >= 0.3 is 6.18 Å². The number of thiol groups is 1. The molecule has 1 aromatic carbocycles. The highest BCUT2D eigenvalue weighted by Crippen LogP contribution is 2.33. The molecule has 1 N–H and O–H groups in total. The van der Waals surface area contributed by atoms with Crippen LogP contribution >= 0.6 is 24.8 Å². The van der Waals surface area contributed by atoms with E-state index in [2.05, 4.69) is 30.2 Å². The Hall–Kier alpha value is -1.26. The zero-order valence-corrected chi connectivity index (χ0v) is 9.38. The Balaban J connectivity index is 3.23. The number of nitrogens with one attached hydrogen (secondary N) is 1. The van der Waals surface area contributed by atoms with Crippen molar-refractivity contribution in [3.63, 3.8) is 0 Å². The van der Waals surface area contributed by atoms with Gasteiger partial charge in [-0.1, -0.05) is 12.2 Å². The van der Waals surface area contributed by atoms with Crippen LogP contribution in [0.4, 0.5) is 18.9 Å². The first kappa shape index (κ1) is 12.8. The Morgan fingerprint density at radius 2 is 2.06 bits per heavy atom. The van der Waals surface area contributed by atoms with Crippen LogP contribution in [0.3, 0.4) is 0 Å². The van der Waals surface area contributed by atoms with E-state index in [9.17, 15) is 13.2 Å². The summed E-state index contributed by atoms with van der Waals surface area (Å²) in [6.07, 6.45) is -4.57. The molecule has 0 heterocycles. The molecule has 16 heavy (non-hydrogen) atoms. The summed E-state index contributed by atoms with van der Waals surface area (Å²) < 4.78 is 37.6. The van der Waals surface area contributed by atoms with Crippen LogP contribution in [0.2, 0.25) is 0 Å². The van der Waals surface area contributed by atoms with Crippen molar-refractivity contribution in [3.05, 3.63) is 29.3 Å². The van der Waals surface area contributed by atoms with Crippen molar-refractivity contribution in [1.29, 1.82) is 5.26 Å². The van der Waals surface area contributed by atoms with Gasteiger partial charge in [-0.05, 0) is 18.2 Å². The van der Waals surface area contributed by atoms with E-state index in [1.807, 2.05) is 0 Å². The number of nitriles is 1. The minimum atomic E-state index is -4.57. The Labute approximate surface area is 100 Å². The molecule has 0 radical (unpaired) electrons. The van der Waals surface area contributed by atoms with Gasteiger partial charge in [0.2, 0.25) is 0 Å². The summed E-state index contributed by atoms with van der Waals surface area (Å²) in [5, 5.41) is 11.0. The number of anilines is 1. The Kier molecular flexibility index (Phi) is 3.78. The normalized spacial score (nSPS) is 10.7. The zero-order valence-electron chi connectivity index (χ0n) is 7.67. The quantitative estimate of drug-likeness (QED) is 0.602. The van der Waals surface area contributed by atoms with E-state index >= 15 is 0 Å². The molecule has 0 aliphatic carbocycles. The molecule has 2 nitrogen and oxygen atoms in total. The lowest BCUT2D eigenvalue weighted by Gasteiger charge is -2.11. The maximum atomic E-state index is 12.5. The lowest BCUT2D eigenvalue weighted by molar-refractivity contribution is -0.137. The average Bonchev–Trinajstić information content (AvgIpc) is 2.15. The second-order valence-electron chi connectivity index (χ2n) is 2.80. The highest BCUT2D eigenvalue weighted by molar-refractivity contribution is 8.11. The lowest BCUT2D eigenvalue weighted by atomic mass is 10.1. The lowest BCUT2D eigenvalue weighted by Crippen LogP contribution is -2.09. The average molecular weight is 262 g/mol. The number of alkyl halides is 3. The standard InChI is InChI=1S/C9H5F3N2S2/c10-9(11,12)7-3-6(14-8(15)16)2-1-5(7)4-13/h1-3H,(H2,14,15,16). The number of hydrogen-bond donors (Lipinski definition) is 2. The fraction of sp³-hybridized carbons (Fsp3) is 0.111. The third kappa shape index (κ3) is 3.12. The SMILES string of the molecule is N#Cc1ccc(NC(=S)S)cc1C(F)(F)F. The summed E-state index contributed by atoms with van der Waals surface area (Å²) in [6, 6.07) is 4.71. The van der Waals surface area contributed by atoms with Gasteiger partial charge in [0.25, 0.3) is 0 Å². The van der Waals surface area contributed by atoms with Gasteiger partial charge in [0.15, 0.2) is 0 Å². The van der Waals surface area contributed by atoms with E-state index in [1.54, 1.807) is 0 Å². The van der Waals surface area contributed by atoms with E-state index < -0.39 is 17.3 Å². The highest BCUT2D eigenvalue weighted by atomic mass is 32.1. The summed E-state index contributed by atoms with van der Waals surface area (Å²) in [5.74, 6) is 0. The molecule has 0 aromatic heterocycles. The maximum absolute atomic E-state index is 12.5. The number of halogens is 3. The van der Waals surface area contributed by atoms with Crippen LogP contribution in [0.25, 0.3) is 0 Å². The van der Waals surface area contributed by atoms with Crippen LogP contribution in [-0.2, 0) is 6.18 Å². The van der Waals surface area contributed by atoms with Crippen LogP contribution in [0.15, 0.2) is 18.2 Å². The molecule has 0 saturated carbocycles.